The molecular weight excluding hydrogens is 474 g/mol. The average Bonchev–Trinajstić information content (AvgIpc) is 2.84. The van der Waals surface area contributed by atoms with Crippen LogP contribution in [0.4, 0.5) is 0 Å². The van der Waals surface area contributed by atoms with Gasteiger partial charge in [-0.1, -0.05) is 25.5 Å². The summed E-state index contributed by atoms with van der Waals surface area (Å²) in [7, 11) is 0. The zero-order valence-corrected chi connectivity index (χ0v) is 23.2. The minimum atomic E-state index is -2.09. The van der Waals surface area contributed by atoms with Crippen LogP contribution in [0.5, 0.6) is 0 Å². The van der Waals surface area contributed by atoms with Crippen LogP contribution in [-0.4, -0.2) is 88.7 Å². The molecule has 4 rings (SSSR count). The van der Waals surface area contributed by atoms with Gasteiger partial charge in [0.15, 0.2) is 17.5 Å². The smallest absolute Gasteiger partial charge is 0.306 e. The summed E-state index contributed by atoms with van der Waals surface area (Å²) in [6.45, 7) is 17.3. The van der Waals surface area contributed by atoms with E-state index in [1.165, 1.54) is 0 Å². The quantitative estimate of drug-likeness (QED) is 0.301. The van der Waals surface area contributed by atoms with Crippen LogP contribution in [0.3, 0.4) is 0 Å². The molecule has 37 heavy (non-hydrogen) atoms. The van der Waals surface area contributed by atoms with Crippen LogP contribution in [-0.2, 0) is 23.8 Å². The third-order valence-corrected chi connectivity index (χ3v) is 9.59. The lowest BCUT2D eigenvalue weighted by molar-refractivity contribution is -0.305. The lowest BCUT2D eigenvalue weighted by Gasteiger charge is -2.66. The zero-order valence-electron chi connectivity index (χ0n) is 23.2. The number of unbranched alkanes of at least 4 members (excludes halogenated alkanes) is 1. The van der Waals surface area contributed by atoms with E-state index in [1.807, 2.05) is 19.9 Å². The molecule has 0 spiro atoms. The Kier molecular flexibility index (Phi) is 7.58. The fourth-order valence-electron chi connectivity index (χ4n) is 7.23. The summed E-state index contributed by atoms with van der Waals surface area (Å²) < 4.78 is 17.9. The highest BCUT2D eigenvalue weighted by Gasteiger charge is 2.76. The number of ether oxygens (including phenoxy) is 3. The number of hydrogen-bond acceptors (Lipinski definition) is 8. The SMILES string of the molecule is C=C[C@@]1(C)CC(=O)[C@@]2(O)[C@](C)(O1)[C@@H](OC(=O)CCCCN1CCOCC1)C=C1C(C)(C)CC[C@H](O)[C@@]12C. The monoisotopic (exact) mass is 519 g/mol. The predicted octanol–water partition coefficient (Wildman–Crippen LogP) is 2.95. The molecule has 2 heterocycles. The molecular formula is C29H45NO7. The van der Waals surface area contributed by atoms with Crippen LogP contribution in [0.1, 0.15) is 73.1 Å². The summed E-state index contributed by atoms with van der Waals surface area (Å²) in [5, 5.41) is 23.7. The van der Waals surface area contributed by atoms with Crippen molar-refractivity contribution in [1.82, 2.24) is 4.90 Å². The highest BCUT2D eigenvalue weighted by Crippen LogP contribution is 2.64. The van der Waals surface area contributed by atoms with Crippen molar-refractivity contribution in [3.8, 4) is 0 Å². The Balaban J connectivity index is 1.62. The van der Waals surface area contributed by atoms with E-state index in [2.05, 4.69) is 11.5 Å². The Bertz CT molecular complexity index is 956. The lowest BCUT2D eigenvalue weighted by Crippen LogP contribution is -2.81. The van der Waals surface area contributed by atoms with E-state index in [9.17, 15) is 19.8 Å². The van der Waals surface area contributed by atoms with Gasteiger partial charge in [-0.2, -0.15) is 0 Å². The maximum absolute atomic E-state index is 13.9. The first-order chi connectivity index (χ1) is 17.2. The van der Waals surface area contributed by atoms with Crippen LogP contribution in [0.25, 0.3) is 0 Å². The third kappa shape index (κ3) is 4.52. The number of rotatable bonds is 7. The number of ketones is 1. The van der Waals surface area contributed by atoms with Crippen LogP contribution in [0.2, 0.25) is 0 Å². The van der Waals surface area contributed by atoms with Gasteiger partial charge in [0.25, 0.3) is 0 Å². The molecule has 2 saturated heterocycles. The fraction of sp³-hybridized carbons (Fsp3) is 0.793. The van der Waals surface area contributed by atoms with E-state index in [-0.39, 0.29) is 12.8 Å². The van der Waals surface area contributed by atoms with Gasteiger partial charge in [-0.05, 0) is 64.5 Å². The Morgan fingerprint density at radius 3 is 2.54 bits per heavy atom. The number of nitrogens with zero attached hydrogens (tertiary/aromatic N) is 1. The number of carbonyl (C=O) groups excluding carboxylic acids is 2. The number of hydrogen-bond donors (Lipinski definition) is 2. The molecule has 0 bridgehead atoms. The van der Waals surface area contributed by atoms with E-state index in [4.69, 9.17) is 14.2 Å². The summed E-state index contributed by atoms with van der Waals surface area (Å²) in [4.78, 5) is 29.3. The van der Waals surface area contributed by atoms with Gasteiger partial charge in [-0.3, -0.25) is 14.5 Å². The van der Waals surface area contributed by atoms with Crippen LogP contribution in [0.15, 0.2) is 24.3 Å². The molecule has 2 aliphatic carbocycles. The summed E-state index contributed by atoms with van der Waals surface area (Å²) in [5.41, 5.74) is -5.70. The van der Waals surface area contributed by atoms with Crippen molar-refractivity contribution in [2.24, 2.45) is 10.8 Å². The van der Waals surface area contributed by atoms with Gasteiger partial charge in [0.05, 0.1) is 30.3 Å². The fourth-order valence-corrected chi connectivity index (χ4v) is 7.23. The molecule has 4 aliphatic rings. The van der Waals surface area contributed by atoms with Gasteiger partial charge in [0.1, 0.15) is 5.60 Å². The number of aliphatic hydroxyl groups is 2. The Morgan fingerprint density at radius 2 is 1.89 bits per heavy atom. The first kappa shape index (κ1) is 28.4. The molecule has 2 N–H and O–H groups in total. The van der Waals surface area contributed by atoms with Gasteiger partial charge < -0.3 is 24.4 Å². The maximum Gasteiger partial charge on any atom is 0.306 e. The average molecular weight is 520 g/mol. The van der Waals surface area contributed by atoms with Crippen molar-refractivity contribution in [2.45, 2.75) is 102 Å². The molecule has 0 radical (unpaired) electrons. The molecule has 6 atom stereocenters. The second kappa shape index (κ2) is 9.87. The number of Topliss-reactive ketones (excluding diaryl/α,β-unsaturated/α-hetero) is 1. The zero-order chi connectivity index (χ0) is 27.3. The summed E-state index contributed by atoms with van der Waals surface area (Å²) >= 11 is 0. The topological polar surface area (TPSA) is 106 Å². The van der Waals surface area contributed by atoms with E-state index >= 15 is 0 Å². The number of aliphatic hydroxyl groups excluding tert-OH is 1. The molecule has 0 aromatic rings. The van der Waals surface area contributed by atoms with Crippen molar-refractivity contribution >= 4 is 11.8 Å². The second-order valence-corrected chi connectivity index (χ2v) is 12.6. The molecule has 0 amide bonds. The molecule has 2 aliphatic heterocycles. The van der Waals surface area contributed by atoms with Gasteiger partial charge in [0, 0.05) is 25.9 Å². The van der Waals surface area contributed by atoms with Crippen molar-refractivity contribution in [2.75, 3.05) is 32.8 Å². The van der Waals surface area contributed by atoms with Crippen LogP contribution >= 0.6 is 0 Å². The third-order valence-electron chi connectivity index (χ3n) is 9.59. The van der Waals surface area contributed by atoms with Gasteiger partial charge in [-0.25, -0.2) is 0 Å². The van der Waals surface area contributed by atoms with E-state index in [0.29, 0.717) is 19.3 Å². The summed E-state index contributed by atoms with van der Waals surface area (Å²) in [5.74, 6) is -0.827. The summed E-state index contributed by atoms with van der Waals surface area (Å²) in [6, 6.07) is 0. The van der Waals surface area contributed by atoms with Crippen molar-refractivity contribution in [3.63, 3.8) is 0 Å². The van der Waals surface area contributed by atoms with Crippen molar-refractivity contribution in [3.05, 3.63) is 24.3 Å². The Labute approximate surface area is 221 Å². The van der Waals surface area contributed by atoms with Crippen molar-refractivity contribution in [1.29, 1.82) is 0 Å². The van der Waals surface area contributed by atoms with E-state index < -0.39 is 51.6 Å². The summed E-state index contributed by atoms with van der Waals surface area (Å²) in [6.07, 6.45) is 4.26. The van der Waals surface area contributed by atoms with E-state index in [0.717, 1.165) is 44.8 Å². The first-order valence-electron chi connectivity index (χ1n) is 13.7. The molecule has 0 unspecified atom stereocenters. The van der Waals surface area contributed by atoms with Gasteiger partial charge in [-0.15, -0.1) is 6.58 Å². The maximum atomic E-state index is 13.9. The Morgan fingerprint density at radius 1 is 1.22 bits per heavy atom. The normalized spacial score (nSPS) is 41.8. The molecule has 0 aromatic heterocycles. The Hall–Kier alpha value is -1.58. The van der Waals surface area contributed by atoms with Gasteiger partial charge in [0.2, 0.25) is 0 Å². The molecule has 1 saturated carbocycles. The molecule has 8 nitrogen and oxygen atoms in total. The number of carbonyl (C=O) groups is 2. The number of morpholine rings is 1. The van der Waals surface area contributed by atoms with Crippen LogP contribution in [0, 0.1) is 10.8 Å². The molecule has 208 valence electrons. The highest BCUT2D eigenvalue weighted by molar-refractivity contribution is 5.93. The molecule has 0 aromatic carbocycles. The molecule has 8 heteroatoms. The van der Waals surface area contributed by atoms with Gasteiger partial charge >= 0.3 is 5.97 Å². The standard InChI is InChI=1S/C29H45NO7/c1-7-26(4)19-22(32)29(34)27(5)20(25(2,3)12-11-21(27)31)18-23(28(29,6)37-26)36-24(33)10-8-9-13-30-14-16-35-17-15-30/h7,18,21,23,31,34H,1,8-17,19H2,2-6H3/t21-,23-,26-,27+,28+,29-/m0/s1. The largest absolute Gasteiger partial charge is 0.455 e. The number of esters is 1. The predicted molar refractivity (Wildman–Crippen MR) is 139 cm³/mol. The van der Waals surface area contributed by atoms with Crippen molar-refractivity contribution < 1.29 is 34.0 Å². The minimum Gasteiger partial charge on any atom is -0.455 e. The lowest BCUT2D eigenvalue weighted by atomic mass is 9.44. The highest BCUT2D eigenvalue weighted by atomic mass is 16.6. The molecule has 3 fully saturated rings. The number of fused-ring (bicyclic) bond motifs is 3. The van der Waals surface area contributed by atoms with Crippen LogP contribution < -0.4 is 0 Å². The minimum absolute atomic E-state index is 0.0825. The first-order valence-corrected chi connectivity index (χ1v) is 13.7. The second-order valence-electron chi connectivity index (χ2n) is 12.6. The van der Waals surface area contributed by atoms with E-state index in [1.54, 1.807) is 26.8 Å².